The molecule has 0 saturated heterocycles. The molecular weight excluding hydrogens is 378 g/mol. The Bertz CT molecular complexity index is 1270. The number of carbonyl (C=O) groups is 2. The summed E-state index contributed by atoms with van der Waals surface area (Å²) < 4.78 is 1.58. The number of carbonyl (C=O) groups excluding carboxylic acids is 2. The maximum Gasteiger partial charge on any atom is 0.262 e. The lowest BCUT2D eigenvalue weighted by molar-refractivity contribution is 0.0693. The normalized spacial score (nSPS) is 13.4. The van der Waals surface area contributed by atoms with E-state index >= 15 is 0 Å². The molecule has 2 amide bonds. The predicted molar refractivity (Wildman–Crippen MR) is 104 cm³/mol. The Hall–Kier alpha value is -3.58. The lowest BCUT2D eigenvalue weighted by atomic mass is 10.0. The van der Waals surface area contributed by atoms with Gasteiger partial charge in [-0.25, -0.2) is 9.97 Å². The number of rotatable bonds is 2. The number of aromatic nitrogens is 4. The van der Waals surface area contributed by atoms with E-state index in [1.165, 1.54) is 13.2 Å². The lowest BCUT2D eigenvalue weighted by Gasteiger charge is -2.03. The summed E-state index contributed by atoms with van der Waals surface area (Å²) in [5.74, 6) is -0.185. The van der Waals surface area contributed by atoms with E-state index in [0.29, 0.717) is 33.1 Å². The third-order valence-electron chi connectivity index (χ3n) is 4.73. The molecule has 0 aliphatic carbocycles. The lowest BCUT2D eigenvalue weighted by Crippen LogP contribution is -2.24. The van der Waals surface area contributed by atoms with Crippen molar-refractivity contribution < 1.29 is 9.59 Å². The van der Waals surface area contributed by atoms with Gasteiger partial charge in [0.25, 0.3) is 11.8 Å². The maximum absolute atomic E-state index is 12.8. The van der Waals surface area contributed by atoms with E-state index in [1.807, 2.05) is 18.2 Å². The van der Waals surface area contributed by atoms with Gasteiger partial charge in [0.1, 0.15) is 5.69 Å². The van der Waals surface area contributed by atoms with E-state index in [0.717, 1.165) is 10.5 Å². The monoisotopic (exact) mass is 389 g/mol. The van der Waals surface area contributed by atoms with Gasteiger partial charge in [-0.3, -0.25) is 14.5 Å². The largest absolute Gasteiger partial charge is 0.277 e. The first-order chi connectivity index (χ1) is 13.6. The summed E-state index contributed by atoms with van der Waals surface area (Å²) in [6.45, 7) is 0. The minimum atomic E-state index is -0.373. The van der Waals surface area contributed by atoms with Gasteiger partial charge in [-0.2, -0.15) is 9.78 Å². The van der Waals surface area contributed by atoms with Gasteiger partial charge in [0.2, 0.25) is 0 Å². The molecule has 0 fully saturated rings. The fraction of sp³-hybridized carbons (Fsp3) is 0.0500. The van der Waals surface area contributed by atoms with Crippen LogP contribution in [0, 0.1) is 0 Å². The molecule has 1 aliphatic heterocycles. The average molecular weight is 390 g/mol. The summed E-state index contributed by atoms with van der Waals surface area (Å²) in [5.41, 5.74) is 2.34. The molecule has 0 bridgehead atoms. The van der Waals surface area contributed by atoms with Crippen LogP contribution in [0.3, 0.4) is 0 Å². The number of halogens is 1. The van der Waals surface area contributed by atoms with E-state index < -0.39 is 0 Å². The molecule has 1 aromatic carbocycles. The van der Waals surface area contributed by atoms with Crippen LogP contribution in [0.25, 0.3) is 28.1 Å². The molecule has 4 aromatic rings. The van der Waals surface area contributed by atoms with Crippen LogP contribution in [0.4, 0.5) is 0 Å². The van der Waals surface area contributed by atoms with Gasteiger partial charge < -0.3 is 0 Å². The van der Waals surface area contributed by atoms with Crippen molar-refractivity contribution in [2.45, 2.75) is 0 Å². The zero-order valence-electron chi connectivity index (χ0n) is 14.6. The van der Waals surface area contributed by atoms with Crippen molar-refractivity contribution in [1.82, 2.24) is 24.6 Å². The topological polar surface area (TPSA) is 81.0 Å². The van der Waals surface area contributed by atoms with Crippen LogP contribution >= 0.6 is 11.6 Å². The molecule has 8 heteroatoms. The Kier molecular flexibility index (Phi) is 3.53. The summed E-state index contributed by atoms with van der Waals surface area (Å²) in [7, 11) is 1.46. The molecule has 0 radical (unpaired) electrons. The second kappa shape index (κ2) is 5.97. The molecule has 0 unspecified atom stereocenters. The van der Waals surface area contributed by atoms with Crippen molar-refractivity contribution in [1.29, 1.82) is 0 Å². The third kappa shape index (κ3) is 2.26. The first kappa shape index (κ1) is 16.6. The van der Waals surface area contributed by atoms with Crippen molar-refractivity contribution in [3.63, 3.8) is 0 Å². The van der Waals surface area contributed by atoms with E-state index in [4.69, 9.17) is 11.6 Å². The Morgan fingerprint density at radius 3 is 2.46 bits per heavy atom. The molecular formula is C20H12ClN5O2. The van der Waals surface area contributed by atoms with Gasteiger partial charge in [0, 0.05) is 30.0 Å². The van der Waals surface area contributed by atoms with Gasteiger partial charge in [-0.05, 0) is 24.3 Å². The highest BCUT2D eigenvalue weighted by Crippen LogP contribution is 2.36. The Labute approximate surface area is 164 Å². The number of hydrogen-bond acceptors (Lipinski definition) is 5. The zero-order valence-corrected chi connectivity index (χ0v) is 15.4. The van der Waals surface area contributed by atoms with Gasteiger partial charge >= 0.3 is 0 Å². The number of amides is 2. The van der Waals surface area contributed by atoms with Crippen molar-refractivity contribution in [3.05, 3.63) is 71.0 Å². The molecule has 1 aliphatic rings. The molecule has 136 valence electrons. The average Bonchev–Trinajstić information content (AvgIpc) is 3.21. The second-order valence-electron chi connectivity index (χ2n) is 6.37. The predicted octanol–water partition coefficient (Wildman–Crippen LogP) is 3.36. The van der Waals surface area contributed by atoms with Crippen molar-refractivity contribution >= 4 is 34.4 Å². The fourth-order valence-corrected chi connectivity index (χ4v) is 3.48. The van der Waals surface area contributed by atoms with E-state index in [2.05, 4.69) is 15.1 Å². The Balaban J connectivity index is 1.90. The molecule has 0 N–H and O–H groups in total. The summed E-state index contributed by atoms with van der Waals surface area (Å²) in [4.78, 5) is 35.1. The number of benzene rings is 1. The SMILES string of the molecule is CN1C(=O)c2cnc3c(c(-c4ccc(Cl)cc4)nn3-c3ccccn3)c2C1=O. The molecule has 0 spiro atoms. The van der Waals surface area contributed by atoms with Gasteiger partial charge in [0.05, 0.1) is 16.5 Å². The van der Waals surface area contributed by atoms with Crippen LogP contribution < -0.4 is 0 Å². The molecule has 0 saturated carbocycles. The molecule has 0 atom stereocenters. The first-order valence-electron chi connectivity index (χ1n) is 8.47. The Morgan fingerprint density at radius 2 is 1.75 bits per heavy atom. The zero-order chi connectivity index (χ0) is 19.4. The highest BCUT2D eigenvalue weighted by atomic mass is 35.5. The Morgan fingerprint density at radius 1 is 0.964 bits per heavy atom. The van der Waals surface area contributed by atoms with E-state index in [1.54, 1.807) is 35.1 Å². The maximum atomic E-state index is 12.8. The minimum Gasteiger partial charge on any atom is -0.277 e. The number of nitrogens with zero attached hydrogens (tertiary/aromatic N) is 5. The smallest absolute Gasteiger partial charge is 0.262 e. The summed E-state index contributed by atoms with van der Waals surface area (Å²) in [6, 6.07) is 12.6. The standard InChI is InChI=1S/C20H12ClN5O2/c1-25-19(27)13-10-23-18-16(15(13)20(25)28)17(11-5-7-12(21)8-6-11)24-26(18)14-4-2-3-9-22-14/h2-10H,1H3. The number of imide groups is 1. The van der Waals surface area contributed by atoms with Crippen molar-refractivity contribution in [2.75, 3.05) is 7.05 Å². The number of pyridine rings is 2. The van der Waals surface area contributed by atoms with Gasteiger partial charge in [-0.1, -0.05) is 29.8 Å². The quantitative estimate of drug-likeness (QED) is 0.491. The van der Waals surface area contributed by atoms with E-state index in [9.17, 15) is 9.59 Å². The highest BCUT2D eigenvalue weighted by molar-refractivity contribution is 6.30. The molecule has 3 aromatic heterocycles. The van der Waals surface area contributed by atoms with Crippen LogP contribution in [0.5, 0.6) is 0 Å². The molecule has 4 heterocycles. The number of fused-ring (bicyclic) bond motifs is 3. The molecule has 7 nitrogen and oxygen atoms in total. The van der Waals surface area contributed by atoms with Crippen LogP contribution in [-0.4, -0.2) is 43.5 Å². The summed E-state index contributed by atoms with van der Waals surface area (Å²) >= 11 is 6.02. The second-order valence-corrected chi connectivity index (χ2v) is 6.81. The van der Waals surface area contributed by atoms with E-state index in [-0.39, 0.29) is 17.4 Å². The minimum absolute atomic E-state index is 0.274. The van der Waals surface area contributed by atoms with Crippen LogP contribution in [-0.2, 0) is 0 Å². The van der Waals surface area contributed by atoms with Crippen molar-refractivity contribution in [2.24, 2.45) is 0 Å². The van der Waals surface area contributed by atoms with Gasteiger partial charge in [-0.15, -0.1) is 0 Å². The van der Waals surface area contributed by atoms with Crippen LogP contribution in [0.2, 0.25) is 5.02 Å². The summed E-state index contributed by atoms with van der Waals surface area (Å²) in [6.07, 6.45) is 3.08. The third-order valence-corrected chi connectivity index (χ3v) is 4.99. The molecule has 28 heavy (non-hydrogen) atoms. The first-order valence-corrected chi connectivity index (χ1v) is 8.85. The van der Waals surface area contributed by atoms with Crippen molar-refractivity contribution in [3.8, 4) is 17.1 Å². The fourth-order valence-electron chi connectivity index (χ4n) is 3.36. The van der Waals surface area contributed by atoms with Crippen LogP contribution in [0.1, 0.15) is 20.7 Å². The molecule has 5 rings (SSSR count). The number of hydrogen-bond donors (Lipinski definition) is 0. The van der Waals surface area contributed by atoms with Crippen LogP contribution in [0.15, 0.2) is 54.9 Å². The summed E-state index contributed by atoms with van der Waals surface area (Å²) in [5, 5.41) is 5.80. The highest BCUT2D eigenvalue weighted by Gasteiger charge is 2.37. The van der Waals surface area contributed by atoms with Gasteiger partial charge in [0.15, 0.2) is 11.5 Å².